The molecule has 450 valence electrons. The van der Waals surface area contributed by atoms with Crippen LogP contribution in [-0.2, 0) is 28.6 Å². The number of allylic oxidation sites excluding steroid dienone is 26. The lowest BCUT2D eigenvalue weighted by molar-refractivity contribution is -0.167. The van der Waals surface area contributed by atoms with E-state index in [1.165, 1.54) is 83.5 Å². The minimum atomic E-state index is -0.817. The Balaban J connectivity index is 4.21. The molecule has 0 N–H and O–H groups in total. The van der Waals surface area contributed by atoms with Crippen molar-refractivity contribution in [1.82, 2.24) is 0 Å². The van der Waals surface area contributed by atoms with E-state index in [2.05, 4.69) is 179 Å². The molecule has 0 aliphatic rings. The van der Waals surface area contributed by atoms with Gasteiger partial charge >= 0.3 is 17.9 Å². The van der Waals surface area contributed by atoms with Crippen molar-refractivity contribution in [1.29, 1.82) is 0 Å². The van der Waals surface area contributed by atoms with Crippen molar-refractivity contribution in [3.8, 4) is 0 Å². The fourth-order valence-corrected chi connectivity index (χ4v) is 8.46. The Kier molecular flexibility index (Phi) is 62.4. The van der Waals surface area contributed by atoms with Crippen LogP contribution in [0.15, 0.2) is 158 Å². The standard InChI is InChI=1S/C74H118O6/c1-4-7-10-13-16-19-22-24-26-28-29-30-31-32-33-34-35-36-37-38-39-40-41-42-43-44-45-47-48-50-52-55-58-61-64-67-73(76)79-70-71(69-78-72(75)66-63-60-57-54-21-18-15-12-9-6-3)80-74(77)68-65-62-59-56-53-51-49-46-27-25-23-20-17-14-11-8-5-2/h7-8,10-12,15-17,19-20,24-27,29-30,32-33,35-36,38-39,49,51,56,59,71H,4-6,9,13-14,18,21-23,28,31,34,37,40-48,50,52-55,57-58,60-70H2,1-3H3/b10-7-,11-8-,15-12-,19-16-,20-17-,26-24-,27-25-,30-29-,33-32-,36-35-,39-38-,51-49-,59-56-. The van der Waals surface area contributed by atoms with Crippen LogP contribution < -0.4 is 0 Å². The summed E-state index contributed by atoms with van der Waals surface area (Å²) in [6.45, 7) is 6.29. The lowest BCUT2D eigenvalue weighted by atomic mass is 10.0. The summed E-state index contributed by atoms with van der Waals surface area (Å²) in [5.74, 6) is -0.982. The molecular formula is C74H118O6. The fourth-order valence-electron chi connectivity index (χ4n) is 8.46. The molecule has 0 radical (unpaired) electrons. The minimum Gasteiger partial charge on any atom is -0.462 e. The summed E-state index contributed by atoms with van der Waals surface area (Å²) < 4.78 is 16.8. The van der Waals surface area contributed by atoms with Gasteiger partial charge < -0.3 is 14.2 Å². The van der Waals surface area contributed by atoms with E-state index in [4.69, 9.17) is 14.2 Å². The number of rotatable bonds is 57. The first-order valence-electron chi connectivity index (χ1n) is 32.5. The van der Waals surface area contributed by atoms with Crippen LogP contribution in [0.2, 0.25) is 0 Å². The van der Waals surface area contributed by atoms with Crippen molar-refractivity contribution in [2.24, 2.45) is 0 Å². The predicted octanol–water partition coefficient (Wildman–Crippen LogP) is 22.5. The van der Waals surface area contributed by atoms with Crippen LogP contribution in [0, 0.1) is 0 Å². The van der Waals surface area contributed by atoms with Crippen molar-refractivity contribution in [2.75, 3.05) is 13.2 Å². The Morgan fingerprint density at radius 2 is 0.500 bits per heavy atom. The van der Waals surface area contributed by atoms with E-state index < -0.39 is 6.10 Å². The van der Waals surface area contributed by atoms with E-state index in [0.717, 1.165) is 141 Å². The molecule has 0 aliphatic carbocycles. The van der Waals surface area contributed by atoms with Crippen molar-refractivity contribution in [3.05, 3.63) is 158 Å². The van der Waals surface area contributed by atoms with E-state index in [1.807, 2.05) is 0 Å². The average molecular weight is 1100 g/mol. The number of esters is 3. The number of ether oxygens (including phenoxy) is 3. The highest BCUT2D eigenvalue weighted by molar-refractivity contribution is 5.71. The minimum absolute atomic E-state index is 0.108. The van der Waals surface area contributed by atoms with Gasteiger partial charge in [0.2, 0.25) is 0 Å². The predicted molar refractivity (Wildman–Crippen MR) is 348 cm³/mol. The molecule has 0 bridgehead atoms. The fraction of sp³-hybridized carbons (Fsp3) is 0.608. The van der Waals surface area contributed by atoms with Gasteiger partial charge in [-0.25, -0.2) is 0 Å². The lowest BCUT2D eigenvalue weighted by Gasteiger charge is -2.18. The zero-order valence-electron chi connectivity index (χ0n) is 51.5. The monoisotopic (exact) mass is 1100 g/mol. The molecular weight excluding hydrogens is 985 g/mol. The Morgan fingerprint density at radius 3 is 0.812 bits per heavy atom. The van der Waals surface area contributed by atoms with Gasteiger partial charge in [0, 0.05) is 19.3 Å². The molecule has 0 amide bonds. The van der Waals surface area contributed by atoms with Crippen LogP contribution in [0.3, 0.4) is 0 Å². The summed E-state index contributed by atoms with van der Waals surface area (Å²) in [6.07, 6.45) is 97.1. The Hall–Kier alpha value is -4.97. The molecule has 0 saturated carbocycles. The van der Waals surface area contributed by atoms with Gasteiger partial charge in [-0.15, -0.1) is 0 Å². The molecule has 80 heavy (non-hydrogen) atoms. The second-order valence-electron chi connectivity index (χ2n) is 20.9. The molecule has 0 rings (SSSR count). The van der Waals surface area contributed by atoms with Crippen LogP contribution in [0.4, 0.5) is 0 Å². The van der Waals surface area contributed by atoms with E-state index in [0.29, 0.717) is 19.3 Å². The van der Waals surface area contributed by atoms with Gasteiger partial charge in [-0.2, -0.15) is 0 Å². The lowest BCUT2D eigenvalue weighted by Crippen LogP contribution is -2.30. The number of carbonyl (C=O) groups is 3. The molecule has 0 spiro atoms. The maximum atomic E-state index is 12.8. The highest BCUT2D eigenvalue weighted by Crippen LogP contribution is 2.15. The molecule has 0 fully saturated rings. The smallest absolute Gasteiger partial charge is 0.306 e. The van der Waals surface area contributed by atoms with Gasteiger partial charge in [0.15, 0.2) is 6.10 Å². The quantitative estimate of drug-likeness (QED) is 0.0261. The summed E-state index contributed by atoms with van der Waals surface area (Å²) >= 11 is 0. The van der Waals surface area contributed by atoms with Gasteiger partial charge in [-0.05, 0) is 135 Å². The van der Waals surface area contributed by atoms with Gasteiger partial charge in [-0.1, -0.05) is 275 Å². The van der Waals surface area contributed by atoms with Crippen molar-refractivity contribution in [3.63, 3.8) is 0 Å². The zero-order chi connectivity index (χ0) is 57.8. The molecule has 0 aromatic rings. The maximum Gasteiger partial charge on any atom is 0.306 e. The van der Waals surface area contributed by atoms with Crippen LogP contribution >= 0.6 is 0 Å². The van der Waals surface area contributed by atoms with Crippen molar-refractivity contribution >= 4 is 17.9 Å². The first-order valence-corrected chi connectivity index (χ1v) is 32.5. The SMILES string of the molecule is CC/C=C\C/C=C\C/C=C\C/C=C\C/C=C\C/C=C\C/C=C\CCCCCCCCCCCCCCCC(=O)OCC(COC(=O)CCCCCCC/C=C\CCC)OC(=O)CCC/C=C\C/C=C\C/C=C\C/C=C\C/C=C\CC. The van der Waals surface area contributed by atoms with E-state index >= 15 is 0 Å². The Labute approximate surface area is 492 Å². The van der Waals surface area contributed by atoms with E-state index in [9.17, 15) is 14.4 Å². The van der Waals surface area contributed by atoms with E-state index in [1.54, 1.807) is 0 Å². The number of hydrogen-bond acceptors (Lipinski definition) is 6. The Morgan fingerprint density at radius 1 is 0.263 bits per heavy atom. The number of unbranched alkanes of at least 4 members (excludes halogenated alkanes) is 20. The van der Waals surface area contributed by atoms with Crippen LogP contribution in [0.25, 0.3) is 0 Å². The second kappa shape index (κ2) is 66.5. The topological polar surface area (TPSA) is 78.9 Å². The molecule has 0 heterocycles. The third-order valence-corrected chi connectivity index (χ3v) is 13.2. The molecule has 0 aliphatic heterocycles. The highest BCUT2D eigenvalue weighted by atomic mass is 16.6. The molecule has 0 saturated heterocycles. The van der Waals surface area contributed by atoms with Gasteiger partial charge in [-0.3, -0.25) is 14.4 Å². The van der Waals surface area contributed by atoms with Crippen molar-refractivity contribution in [2.45, 2.75) is 277 Å². The first kappa shape index (κ1) is 75.0. The van der Waals surface area contributed by atoms with Crippen LogP contribution in [0.1, 0.15) is 271 Å². The molecule has 0 aromatic carbocycles. The van der Waals surface area contributed by atoms with Crippen LogP contribution in [-0.4, -0.2) is 37.2 Å². The third kappa shape index (κ3) is 63.9. The highest BCUT2D eigenvalue weighted by Gasteiger charge is 2.19. The molecule has 1 unspecified atom stereocenters. The largest absolute Gasteiger partial charge is 0.462 e. The number of hydrogen-bond donors (Lipinski definition) is 0. The summed E-state index contributed by atoms with van der Waals surface area (Å²) in [7, 11) is 0. The first-order chi connectivity index (χ1) is 39.5. The molecule has 6 heteroatoms. The van der Waals surface area contributed by atoms with Gasteiger partial charge in [0.05, 0.1) is 0 Å². The van der Waals surface area contributed by atoms with E-state index in [-0.39, 0.29) is 37.5 Å². The van der Waals surface area contributed by atoms with Gasteiger partial charge in [0.25, 0.3) is 0 Å². The third-order valence-electron chi connectivity index (χ3n) is 13.2. The average Bonchev–Trinajstić information content (AvgIpc) is 3.46. The van der Waals surface area contributed by atoms with Crippen molar-refractivity contribution < 1.29 is 28.6 Å². The molecule has 1 atom stereocenters. The molecule has 6 nitrogen and oxygen atoms in total. The Bertz CT molecular complexity index is 1790. The maximum absolute atomic E-state index is 12.8. The second-order valence-corrected chi connectivity index (χ2v) is 20.9. The van der Waals surface area contributed by atoms with Crippen LogP contribution in [0.5, 0.6) is 0 Å². The normalized spacial score (nSPS) is 13.2. The summed E-state index contributed by atoms with van der Waals surface area (Å²) in [4.78, 5) is 38.2. The van der Waals surface area contributed by atoms with Gasteiger partial charge in [0.1, 0.15) is 13.2 Å². The summed E-state index contributed by atoms with van der Waals surface area (Å²) in [6, 6.07) is 0. The summed E-state index contributed by atoms with van der Waals surface area (Å²) in [5, 5.41) is 0. The number of carbonyl (C=O) groups excluding carboxylic acids is 3. The zero-order valence-corrected chi connectivity index (χ0v) is 51.5. The summed E-state index contributed by atoms with van der Waals surface area (Å²) in [5.41, 5.74) is 0. The molecule has 0 aromatic heterocycles.